The highest BCUT2D eigenvalue weighted by Crippen LogP contribution is 2.40. The van der Waals surface area contributed by atoms with Crippen molar-refractivity contribution in [3.8, 4) is 0 Å². The van der Waals surface area contributed by atoms with Crippen molar-refractivity contribution in [3.05, 3.63) is 35.4 Å². The zero-order valence-electron chi connectivity index (χ0n) is 9.56. The Balaban J connectivity index is 2.28. The van der Waals surface area contributed by atoms with Gasteiger partial charge in [-0.25, -0.2) is 4.79 Å². The lowest BCUT2D eigenvalue weighted by Gasteiger charge is -2.25. The molecular weight excluding hydrogens is 220 g/mol. The molecule has 1 aliphatic rings. The molecule has 0 aromatic heterocycles. The van der Waals surface area contributed by atoms with Crippen molar-refractivity contribution in [2.45, 2.75) is 24.9 Å². The summed E-state index contributed by atoms with van der Waals surface area (Å²) in [7, 11) is 0. The minimum Gasteiger partial charge on any atom is -0.479 e. The Morgan fingerprint density at radius 3 is 2.88 bits per heavy atom. The van der Waals surface area contributed by atoms with Crippen molar-refractivity contribution >= 4 is 5.97 Å². The molecule has 1 atom stereocenters. The molecule has 1 unspecified atom stereocenters. The fourth-order valence-corrected chi connectivity index (χ4v) is 2.32. The van der Waals surface area contributed by atoms with Crippen LogP contribution < -0.4 is 0 Å². The second-order valence-electron chi connectivity index (χ2n) is 4.21. The maximum atomic E-state index is 11.5. The van der Waals surface area contributed by atoms with Gasteiger partial charge in [0.2, 0.25) is 0 Å². The van der Waals surface area contributed by atoms with Gasteiger partial charge < -0.3 is 14.9 Å². The number of aliphatic hydroxyl groups is 1. The van der Waals surface area contributed by atoms with E-state index in [1.165, 1.54) is 0 Å². The molecule has 0 bridgehead atoms. The largest absolute Gasteiger partial charge is 0.479 e. The van der Waals surface area contributed by atoms with Crippen LogP contribution in [0.1, 0.15) is 24.0 Å². The van der Waals surface area contributed by atoms with Gasteiger partial charge in [-0.15, -0.1) is 0 Å². The first kappa shape index (κ1) is 12.1. The number of hydrogen-bond acceptors (Lipinski definition) is 3. The first-order valence-corrected chi connectivity index (χ1v) is 5.77. The van der Waals surface area contributed by atoms with Gasteiger partial charge in [0.1, 0.15) is 0 Å². The second-order valence-corrected chi connectivity index (χ2v) is 4.21. The zero-order chi connectivity index (χ0) is 12.3. The SMILES string of the molecule is O=C(O)C1(OCCCO)CCc2ccccc21. The van der Waals surface area contributed by atoms with Crippen LogP contribution in [0.2, 0.25) is 0 Å². The van der Waals surface area contributed by atoms with Gasteiger partial charge in [0.25, 0.3) is 0 Å². The molecule has 0 heterocycles. The van der Waals surface area contributed by atoms with Crippen LogP contribution in [0.3, 0.4) is 0 Å². The molecule has 17 heavy (non-hydrogen) atoms. The smallest absolute Gasteiger partial charge is 0.340 e. The number of fused-ring (bicyclic) bond motifs is 1. The Morgan fingerprint density at radius 2 is 2.18 bits per heavy atom. The lowest BCUT2D eigenvalue weighted by atomic mass is 9.96. The van der Waals surface area contributed by atoms with E-state index in [4.69, 9.17) is 9.84 Å². The molecule has 0 aliphatic heterocycles. The third-order valence-corrected chi connectivity index (χ3v) is 3.20. The molecule has 4 heteroatoms. The van der Waals surface area contributed by atoms with Crippen LogP contribution >= 0.6 is 0 Å². The fourth-order valence-electron chi connectivity index (χ4n) is 2.32. The maximum absolute atomic E-state index is 11.5. The zero-order valence-corrected chi connectivity index (χ0v) is 9.56. The van der Waals surface area contributed by atoms with Crippen molar-refractivity contribution in [2.75, 3.05) is 13.2 Å². The van der Waals surface area contributed by atoms with Gasteiger partial charge in [-0.3, -0.25) is 0 Å². The molecule has 4 nitrogen and oxygen atoms in total. The molecule has 0 saturated heterocycles. The molecule has 0 saturated carbocycles. The van der Waals surface area contributed by atoms with Crippen molar-refractivity contribution in [1.29, 1.82) is 0 Å². The summed E-state index contributed by atoms with van der Waals surface area (Å²) in [5.74, 6) is -0.944. The predicted molar refractivity (Wildman–Crippen MR) is 61.7 cm³/mol. The van der Waals surface area contributed by atoms with Crippen molar-refractivity contribution in [1.82, 2.24) is 0 Å². The maximum Gasteiger partial charge on any atom is 0.340 e. The van der Waals surface area contributed by atoms with Gasteiger partial charge in [0.15, 0.2) is 5.60 Å². The lowest BCUT2D eigenvalue weighted by Crippen LogP contribution is -2.37. The number of ether oxygens (including phenoxy) is 1. The standard InChI is InChI=1S/C13H16O4/c14-8-3-9-17-13(12(15)16)7-6-10-4-1-2-5-11(10)13/h1-2,4-5,14H,3,6-9H2,(H,15,16). The van der Waals surface area contributed by atoms with Crippen LogP contribution in [-0.2, 0) is 21.6 Å². The van der Waals surface area contributed by atoms with E-state index < -0.39 is 11.6 Å². The highest BCUT2D eigenvalue weighted by molar-refractivity contribution is 5.81. The number of benzene rings is 1. The molecule has 2 rings (SSSR count). The topological polar surface area (TPSA) is 66.8 Å². The highest BCUT2D eigenvalue weighted by Gasteiger charge is 2.46. The van der Waals surface area contributed by atoms with Gasteiger partial charge in [-0.1, -0.05) is 24.3 Å². The van der Waals surface area contributed by atoms with Crippen LogP contribution in [0.5, 0.6) is 0 Å². The van der Waals surface area contributed by atoms with Crippen LogP contribution in [0.25, 0.3) is 0 Å². The van der Waals surface area contributed by atoms with Crippen LogP contribution in [0.15, 0.2) is 24.3 Å². The molecular formula is C13H16O4. The summed E-state index contributed by atoms with van der Waals surface area (Å²) >= 11 is 0. The Kier molecular flexibility index (Phi) is 3.45. The van der Waals surface area contributed by atoms with Gasteiger partial charge in [0.05, 0.1) is 6.61 Å². The summed E-state index contributed by atoms with van der Waals surface area (Å²) in [5.41, 5.74) is 0.579. The monoisotopic (exact) mass is 236 g/mol. The first-order valence-electron chi connectivity index (χ1n) is 5.77. The fraction of sp³-hybridized carbons (Fsp3) is 0.462. The van der Waals surface area contributed by atoms with E-state index in [2.05, 4.69) is 0 Å². The predicted octanol–water partition coefficient (Wildman–Crippen LogP) is 1.31. The number of carboxylic acids is 1. The molecule has 2 N–H and O–H groups in total. The van der Waals surface area contributed by atoms with Gasteiger partial charge in [-0.2, -0.15) is 0 Å². The number of hydrogen-bond donors (Lipinski definition) is 2. The Morgan fingerprint density at radius 1 is 1.41 bits per heavy atom. The number of aryl methyl sites for hydroxylation is 1. The minimum absolute atomic E-state index is 0.0113. The molecule has 1 aromatic rings. The first-order chi connectivity index (χ1) is 8.20. The molecule has 1 aliphatic carbocycles. The summed E-state index contributed by atoms with van der Waals surface area (Å²) in [4.78, 5) is 11.5. The minimum atomic E-state index is -1.22. The Labute approximate surface area is 99.8 Å². The Bertz CT molecular complexity index is 416. The summed E-state index contributed by atoms with van der Waals surface area (Å²) < 4.78 is 5.56. The number of carbonyl (C=O) groups is 1. The van der Waals surface area contributed by atoms with E-state index in [1.54, 1.807) is 0 Å². The van der Waals surface area contributed by atoms with E-state index in [0.717, 1.165) is 17.5 Å². The number of aliphatic carboxylic acids is 1. The van der Waals surface area contributed by atoms with Crippen molar-refractivity contribution in [3.63, 3.8) is 0 Å². The third-order valence-electron chi connectivity index (χ3n) is 3.20. The second kappa shape index (κ2) is 4.85. The number of rotatable bonds is 5. The van der Waals surface area contributed by atoms with Crippen LogP contribution in [0.4, 0.5) is 0 Å². The molecule has 0 radical (unpaired) electrons. The van der Waals surface area contributed by atoms with E-state index in [-0.39, 0.29) is 13.2 Å². The molecule has 0 fully saturated rings. The van der Waals surface area contributed by atoms with Gasteiger partial charge in [-0.05, 0) is 30.4 Å². The average Bonchev–Trinajstić information content (AvgIpc) is 2.70. The molecule has 1 aromatic carbocycles. The van der Waals surface area contributed by atoms with E-state index in [1.807, 2.05) is 24.3 Å². The number of aliphatic hydroxyl groups excluding tert-OH is 1. The van der Waals surface area contributed by atoms with E-state index >= 15 is 0 Å². The summed E-state index contributed by atoms with van der Waals surface area (Å²) in [6.45, 7) is 0.272. The molecule has 0 spiro atoms. The summed E-state index contributed by atoms with van der Waals surface area (Å²) in [6, 6.07) is 7.49. The molecule has 92 valence electrons. The van der Waals surface area contributed by atoms with Crippen molar-refractivity contribution < 1.29 is 19.7 Å². The van der Waals surface area contributed by atoms with Gasteiger partial charge >= 0.3 is 5.97 Å². The van der Waals surface area contributed by atoms with Gasteiger partial charge in [0, 0.05) is 6.61 Å². The molecule has 0 amide bonds. The summed E-state index contributed by atoms with van der Waals surface area (Å²) in [5, 5.41) is 18.2. The van der Waals surface area contributed by atoms with Crippen LogP contribution in [-0.4, -0.2) is 29.4 Å². The van der Waals surface area contributed by atoms with Crippen molar-refractivity contribution in [2.24, 2.45) is 0 Å². The highest BCUT2D eigenvalue weighted by atomic mass is 16.5. The normalized spacial score (nSPS) is 22.4. The average molecular weight is 236 g/mol. The quantitative estimate of drug-likeness (QED) is 0.756. The lowest BCUT2D eigenvalue weighted by molar-refractivity contribution is -0.168. The third kappa shape index (κ3) is 2.06. The van der Waals surface area contributed by atoms with Crippen LogP contribution in [0, 0.1) is 0 Å². The van der Waals surface area contributed by atoms with E-state index in [9.17, 15) is 9.90 Å². The Hall–Kier alpha value is -1.39. The number of carboxylic acid groups (broad SMARTS) is 1. The van der Waals surface area contributed by atoms with E-state index in [0.29, 0.717) is 12.8 Å². The summed E-state index contributed by atoms with van der Waals surface area (Å²) in [6.07, 6.45) is 1.64.